The number of nitrogens with one attached hydrogen (secondary N) is 1. The van der Waals surface area contributed by atoms with Gasteiger partial charge in [-0.2, -0.15) is 0 Å². The van der Waals surface area contributed by atoms with E-state index in [0.717, 1.165) is 23.7 Å². The van der Waals surface area contributed by atoms with Gasteiger partial charge in [-0.15, -0.1) is 0 Å². The van der Waals surface area contributed by atoms with E-state index >= 15 is 0 Å². The van der Waals surface area contributed by atoms with Crippen LogP contribution in [0.15, 0.2) is 16.6 Å². The van der Waals surface area contributed by atoms with Gasteiger partial charge in [0, 0.05) is 11.6 Å². The number of benzene rings is 1. The molecule has 1 N–H and O–H groups in total. The lowest BCUT2D eigenvalue weighted by Gasteiger charge is -2.17. The van der Waals surface area contributed by atoms with Gasteiger partial charge in [0.25, 0.3) is 5.91 Å². The topological polar surface area (TPSA) is 47.6 Å². The second-order valence-electron chi connectivity index (χ2n) is 4.82. The molecule has 1 aromatic rings. The standard InChI is InChI=1S/C16H24BrNO3/c1-5-8-21-15-13(17)9-11(10-14(15)20-4)16(19)18-12(6-2)7-3/h9-10,12H,5-8H2,1-4H3,(H,18,19). The normalized spacial score (nSPS) is 10.6. The van der Waals surface area contributed by atoms with Gasteiger partial charge in [-0.3, -0.25) is 4.79 Å². The third-order valence-electron chi connectivity index (χ3n) is 3.26. The Labute approximate surface area is 135 Å². The molecule has 0 heterocycles. The Hall–Kier alpha value is -1.23. The van der Waals surface area contributed by atoms with E-state index in [2.05, 4.69) is 35.1 Å². The van der Waals surface area contributed by atoms with Gasteiger partial charge in [0.05, 0.1) is 18.2 Å². The zero-order valence-electron chi connectivity index (χ0n) is 13.2. The molecule has 0 aromatic heterocycles. The van der Waals surface area contributed by atoms with E-state index in [4.69, 9.17) is 9.47 Å². The van der Waals surface area contributed by atoms with Crippen LogP contribution in [-0.4, -0.2) is 25.7 Å². The molecule has 1 aromatic carbocycles. The third-order valence-corrected chi connectivity index (χ3v) is 3.85. The molecule has 0 saturated carbocycles. The Bertz CT molecular complexity index is 473. The highest BCUT2D eigenvalue weighted by Gasteiger charge is 2.17. The minimum absolute atomic E-state index is 0.0928. The van der Waals surface area contributed by atoms with Gasteiger partial charge in [-0.1, -0.05) is 20.8 Å². The molecular formula is C16H24BrNO3. The van der Waals surface area contributed by atoms with E-state index in [1.165, 1.54) is 0 Å². The van der Waals surface area contributed by atoms with Crippen LogP contribution in [0.3, 0.4) is 0 Å². The summed E-state index contributed by atoms with van der Waals surface area (Å²) >= 11 is 3.45. The average molecular weight is 358 g/mol. The monoisotopic (exact) mass is 357 g/mol. The molecule has 0 saturated heterocycles. The first-order chi connectivity index (χ1) is 10.1. The quantitative estimate of drug-likeness (QED) is 0.759. The zero-order valence-corrected chi connectivity index (χ0v) is 14.7. The Morgan fingerprint density at radius 2 is 1.95 bits per heavy atom. The maximum absolute atomic E-state index is 12.3. The minimum atomic E-state index is -0.0928. The third kappa shape index (κ3) is 4.92. The fraction of sp³-hybridized carbons (Fsp3) is 0.562. The summed E-state index contributed by atoms with van der Waals surface area (Å²) in [4.78, 5) is 12.3. The molecule has 21 heavy (non-hydrogen) atoms. The van der Waals surface area contributed by atoms with Crippen LogP contribution in [0, 0.1) is 0 Å². The van der Waals surface area contributed by atoms with Crippen LogP contribution in [0.2, 0.25) is 0 Å². The second kappa shape index (κ2) is 8.93. The molecule has 118 valence electrons. The van der Waals surface area contributed by atoms with Gasteiger partial charge < -0.3 is 14.8 Å². The maximum atomic E-state index is 12.3. The van der Waals surface area contributed by atoms with Gasteiger partial charge in [0.1, 0.15) is 0 Å². The first-order valence-corrected chi connectivity index (χ1v) is 8.17. The molecule has 0 atom stereocenters. The van der Waals surface area contributed by atoms with Gasteiger partial charge in [0.15, 0.2) is 11.5 Å². The van der Waals surface area contributed by atoms with Crippen molar-refractivity contribution in [3.63, 3.8) is 0 Å². The van der Waals surface area contributed by atoms with E-state index in [-0.39, 0.29) is 11.9 Å². The summed E-state index contributed by atoms with van der Waals surface area (Å²) in [5, 5.41) is 3.02. The van der Waals surface area contributed by atoms with Gasteiger partial charge in [-0.05, 0) is 47.3 Å². The van der Waals surface area contributed by atoms with Crippen LogP contribution in [0.4, 0.5) is 0 Å². The highest BCUT2D eigenvalue weighted by atomic mass is 79.9. The number of rotatable bonds is 8. The number of carbonyl (C=O) groups excluding carboxylic acids is 1. The number of halogens is 1. The number of ether oxygens (including phenoxy) is 2. The van der Waals surface area contributed by atoms with Gasteiger partial charge in [-0.25, -0.2) is 0 Å². The Kier molecular flexibility index (Phi) is 7.57. The maximum Gasteiger partial charge on any atom is 0.251 e. The fourth-order valence-corrected chi connectivity index (χ4v) is 2.51. The number of methoxy groups -OCH3 is 1. The molecule has 0 spiro atoms. The molecule has 0 unspecified atom stereocenters. The largest absolute Gasteiger partial charge is 0.493 e. The van der Waals surface area contributed by atoms with Crippen molar-refractivity contribution in [2.24, 2.45) is 0 Å². The van der Waals surface area contributed by atoms with Crippen LogP contribution in [0.25, 0.3) is 0 Å². The summed E-state index contributed by atoms with van der Waals surface area (Å²) in [7, 11) is 1.57. The highest BCUT2D eigenvalue weighted by Crippen LogP contribution is 2.36. The second-order valence-corrected chi connectivity index (χ2v) is 5.68. The first kappa shape index (κ1) is 17.8. The summed E-state index contributed by atoms with van der Waals surface area (Å²) in [5.41, 5.74) is 0.564. The van der Waals surface area contributed by atoms with Crippen LogP contribution >= 0.6 is 15.9 Å². The van der Waals surface area contributed by atoms with Crippen molar-refractivity contribution in [1.29, 1.82) is 0 Å². The molecule has 0 aliphatic heterocycles. The number of carbonyl (C=O) groups is 1. The van der Waals surface area contributed by atoms with Crippen molar-refractivity contribution in [1.82, 2.24) is 5.32 Å². The number of amides is 1. The number of hydrogen-bond donors (Lipinski definition) is 1. The molecule has 1 amide bonds. The van der Waals surface area contributed by atoms with Crippen molar-refractivity contribution in [3.05, 3.63) is 22.2 Å². The summed E-state index contributed by atoms with van der Waals surface area (Å²) in [6.45, 7) is 6.77. The molecule has 0 aliphatic carbocycles. The SMILES string of the molecule is CCCOc1c(Br)cc(C(=O)NC(CC)CC)cc1OC. The Balaban J connectivity index is 2.99. The van der Waals surface area contributed by atoms with Crippen molar-refractivity contribution >= 4 is 21.8 Å². The summed E-state index contributed by atoms with van der Waals surface area (Å²) in [6, 6.07) is 3.68. The van der Waals surface area contributed by atoms with Crippen molar-refractivity contribution in [2.45, 2.75) is 46.1 Å². The van der Waals surface area contributed by atoms with Crippen LogP contribution < -0.4 is 14.8 Å². The van der Waals surface area contributed by atoms with Gasteiger partial charge >= 0.3 is 0 Å². The smallest absolute Gasteiger partial charge is 0.251 e. The lowest BCUT2D eigenvalue weighted by molar-refractivity contribution is 0.0934. The van der Waals surface area contributed by atoms with Crippen LogP contribution in [0.1, 0.15) is 50.4 Å². The van der Waals surface area contributed by atoms with E-state index in [1.54, 1.807) is 19.2 Å². The first-order valence-electron chi connectivity index (χ1n) is 7.38. The molecule has 5 heteroatoms. The predicted octanol–water partition coefficient (Wildman–Crippen LogP) is 4.16. The van der Waals surface area contributed by atoms with E-state index in [0.29, 0.717) is 23.7 Å². The van der Waals surface area contributed by atoms with E-state index in [1.807, 2.05) is 6.92 Å². The fourth-order valence-electron chi connectivity index (χ4n) is 1.96. The molecular weight excluding hydrogens is 334 g/mol. The van der Waals surface area contributed by atoms with Crippen molar-refractivity contribution in [2.75, 3.05) is 13.7 Å². The molecule has 1 rings (SSSR count). The highest BCUT2D eigenvalue weighted by molar-refractivity contribution is 9.10. The predicted molar refractivity (Wildman–Crippen MR) is 88.3 cm³/mol. The molecule has 0 radical (unpaired) electrons. The van der Waals surface area contributed by atoms with E-state index < -0.39 is 0 Å². The van der Waals surface area contributed by atoms with Crippen LogP contribution in [-0.2, 0) is 0 Å². The summed E-state index contributed by atoms with van der Waals surface area (Å²) in [5.74, 6) is 1.11. The van der Waals surface area contributed by atoms with Crippen LogP contribution in [0.5, 0.6) is 11.5 Å². The molecule has 0 bridgehead atoms. The number of hydrogen-bond acceptors (Lipinski definition) is 3. The Morgan fingerprint density at radius 3 is 2.48 bits per heavy atom. The Morgan fingerprint density at radius 1 is 1.29 bits per heavy atom. The lowest BCUT2D eigenvalue weighted by Crippen LogP contribution is -2.33. The van der Waals surface area contributed by atoms with Crippen molar-refractivity contribution in [3.8, 4) is 11.5 Å². The van der Waals surface area contributed by atoms with Gasteiger partial charge in [0.2, 0.25) is 0 Å². The molecule has 4 nitrogen and oxygen atoms in total. The molecule has 0 fully saturated rings. The summed E-state index contributed by atoms with van der Waals surface area (Å²) < 4.78 is 11.7. The molecule has 0 aliphatic rings. The average Bonchev–Trinajstić information content (AvgIpc) is 2.50. The van der Waals surface area contributed by atoms with Crippen molar-refractivity contribution < 1.29 is 14.3 Å². The van der Waals surface area contributed by atoms with E-state index in [9.17, 15) is 4.79 Å². The lowest BCUT2D eigenvalue weighted by atomic mass is 10.1. The minimum Gasteiger partial charge on any atom is -0.493 e. The summed E-state index contributed by atoms with van der Waals surface area (Å²) in [6.07, 6.45) is 2.74. The zero-order chi connectivity index (χ0) is 15.8.